The van der Waals surface area contributed by atoms with Crippen molar-refractivity contribution < 1.29 is 0 Å². The summed E-state index contributed by atoms with van der Waals surface area (Å²) in [6, 6.07) is 14.7. The summed E-state index contributed by atoms with van der Waals surface area (Å²) in [4.78, 5) is 20.5. The summed E-state index contributed by atoms with van der Waals surface area (Å²) in [5.41, 5.74) is 8.87. The third-order valence-electron chi connectivity index (χ3n) is 6.88. The van der Waals surface area contributed by atoms with Gasteiger partial charge >= 0.3 is 0 Å². The van der Waals surface area contributed by atoms with Crippen LogP contribution in [0.25, 0.3) is 17.3 Å². The third-order valence-corrected chi connectivity index (χ3v) is 6.88. The van der Waals surface area contributed by atoms with E-state index in [2.05, 4.69) is 77.8 Å². The molecule has 182 valence electrons. The smallest absolute Gasteiger partial charge is 0.257 e. The van der Waals surface area contributed by atoms with Crippen LogP contribution < -0.4 is 16.2 Å². The lowest BCUT2D eigenvalue weighted by Gasteiger charge is -2.23. The average Bonchev–Trinajstić information content (AvgIpc) is 2.88. The number of hydrogen-bond donors (Lipinski definition) is 3. The van der Waals surface area contributed by atoms with Crippen LogP contribution in [0.3, 0.4) is 0 Å². The summed E-state index contributed by atoms with van der Waals surface area (Å²) < 4.78 is 0. The lowest BCUT2D eigenvalue weighted by Crippen LogP contribution is -2.26. The fourth-order valence-electron chi connectivity index (χ4n) is 4.63. The molecule has 1 aliphatic heterocycles. The first-order valence-electron chi connectivity index (χ1n) is 12.6. The summed E-state index contributed by atoms with van der Waals surface area (Å²) in [6.45, 7) is 10.5. The van der Waals surface area contributed by atoms with Gasteiger partial charge in [-0.2, -0.15) is 0 Å². The molecule has 0 aliphatic carbocycles. The number of aromatic amines is 1. The van der Waals surface area contributed by atoms with E-state index in [0.717, 1.165) is 58.9 Å². The van der Waals surface area contributed by atoms with Crippen LogP contribution in [-0.2, 0) is 0 Å². The number of allylic oxidation sites excluding steroid dienone is 2. The highest BCUT2D eigenvalue weighted by Gasteiger charge is 2.17. The quantitative estimate of drug-likeness (QED) is 0.377. The van der Waals surface area contributed by atoms with E-state index in [-0.39, 0.29) is 5.56 Å². The fraction of sp³-hybridized carbons (Fsp3) is 0.333. The maximum absolute atomic E-state index is 13.1. The van der Waals surface area contributed by atoms with Crippen LogP contribution >= 0.6 is 0 Å². The number of pyridine rings is 2. The second-order valence-electron chi connectivity index (χ2n) is 9.46. The van der Waals surface area contributed by atoms with Crippen LogP contribution in [0.5, 0.6) is 0 Å². The van der Waals surface area contributed by atoms with Crippen molar-refractivity contribution in [1.82, 2.24) is 15.3 Å². The van der Waals surface area contributed by atoms with Gasteiger partial charge in [-0.15, -0.1) is 0 Å². The molecule has 0 amide bonds. The normalized spacial score (nSPS) is 15.6. The van der Waals surface area contributed by atoms with E-state index in [0.29, 0.717) is 11.5 Å². The molecule has 3 aromatic rings. The lowest BCUT2D eigenvalue weighted by molar-refractivity contribution is 0.460. The van der Waals surface area contributed by atoms with Crippen molar-refractivity contribution in [3.8, 4) is 0 Å². The molecule has 3 heterocycles. The molecule has 5 heteroatoms. The monoisotopic (exact) mass is 468 g/mol. The average molecular weight is 469 g/mol. The summed E-state index contributed by atoms with van der Waals surface area (Å²) >= 11 is 0. The van der Waals surface area contributed by atoms with Gasteiger partial charge in [-0.05, 0) is 123 Å². The van der Waals surface area contributed by atoms with E-state index in [1.165, 1.54) is 18.4 Å². The molecular formula is C30H36N4O. The van der Waals surface area contributed by atoms with Gasteiger partial charge in [0.1, 0.15) is 0 Å². The van der Waals surface area contributed by atoms with E-state index in [9.17, 15) is 4.79 Å². The number of rotatable bonds is 7. The predicted molar refractivity (Wildman–Crippen MR) is 147 cm³/mol. The molecule has 0 radical (unpaired) electrons. The Bertz CT molecular complexity index is 1280. The van der Waals surface area contributed by atoms with E-state index < -0.39 is 0 Å². The van der Waals surface area contributed by atoms with E-state index >= 15 is 0 Å². The first-order chi connectivity index (χ1) is 17.0. The number of aromatic nitrogens is 2. The van der Waals surface area contributed by atoms with Crippen LogP contribution in [0.1, 0.15) is 73.9 Å². The first kappa shape index (κ1) is 24.7. The number of benzene rings is 1. The van der Waals surface area contributed by atoms with E-state index in [1.54, 1.807) is 6.20 Å². The minimum atomic E-state index is -0.106. The maximum Gasteiger partial charge on any atom is 0.257 e. The van der Waals surface area contributed by atoms with Gasteiger partial charge in [0.25, 0.3) is 5.56 Å². The number of H-pyrrole nitrogens is 1. The van der Waals surface area contributed by atoms with Crippen molar-refractivity contribution in [2.24, 2.45) is 0 Å². The zero-order valence-electron chi connectivity index (χ0n) is 21.2. The highest BCUT2D eigenvalue weighted by molar-refractivity contribution is 5.87. The topological polar surface area (TPSA) is 69.8 Å². The summed E-state index contributed by atoms with van der Waals surface area (Å²) in [5, 5.41) is 7.02. The van der Waals surface area contributed by atoms with Gasteiger partial charge in [0.15, 0.2) is 0 Å². The molecule has 3 N–H and O–H groups in total. The number of hydrogen-bond acceptors (Lipinski definition) is 4. The Morgan fingerprint density at radius 1 is 1.11 bits per heavy atom. The van der Waals surface area contributed by atoms with Crippen molar-refractivity contribution in [3.63, 3.8) is 0 Å². The van der Waals surface area contributed by atoms with Gasteiger partial charge in [-0.1, -0.05) is 19.1 Å². The molecule has 5 nitrogen and oxygen atoms in total. The van der Waals surface area contributed by atoms with Gasteiger partial charge in [0, 0.05) is 18.1 Å². The molecule has 35 heavy (non-hydrogen) atoms. The third kappa shape index (κ3) is 5.98. The molecule has 0 spiro atoms. The Morgan fingerprint density at radius 2 is 1.86 bits per heavy atom. The second-order valence-corrected chi connectivity index (χ2v) is 9.46. The van der Waals surface area contributed by atoms with E-state index in [4.69, 9.17) is 0 Å². The zero-order valence-corrected chi connectivity index (χ0v) is 21.2. The molecule has 1 fully saturated rings. The molecule has 1 saturated heterocycles. The number of piperidine rings is 1. The molecule has 0 bridgehead atoms. The van der Waals surface area contributed by atoms with Crippen LogP contribution in [0.4, 0.5) is 5.69 Å². The summed E-state index contributed by atoms with van der Waals surface area (Å²) in [6.07, 6.45) is 8.78. The molecule has 2 aromatic heterocycles. The highest BCUT2D eigenvalue weighted by Crippen LogP contribution is 2.29. The number of aryl methyl sites for hydroxylation is 1. The van der Waals surface area contributed by atoms with Gasteiger partial charge in [0.05, 0.1) is 17.0 Å². The molecule has 4 rings (SSSR count). The molecule has 1 aromatic carbocycles. The lowest BCUT2D eigenvalue weighted by atomic mass is 9.90. The van der Waals surface area contributed by atoms with Crippen LogP contribution in [-0.4, -0.2) is 23.1 Å². The second kappa shape index (κ2) is 11.3. The zero-order chi connectivity index (χ0) is 24.8. The number of nitrogens with zero attached hydrogens (tertiary/aromatic N) is 1. The minimum absolute atomic E-state index is 0.106. The van der Waals surface area contributed by atoms with Crippen LogP contribution in [0, 0.1) is 6.92 Å². The maximum atomic E-state index is 13.1. The van der Waals surface area contributed by atoms with E-state index in [1.807, 2.05) is 25.3 Å². The van der Waals surface area contributed by atoms with Crippen molar-refractivity contribution in [2.75, 3.05) is 18.4 Å². The van der Waals surface area contributed by atoms with Crippen molar-refractivity contribution in [3.05, 3.63) is 98.7 Å². The highest BCUT2D eigenvalue weighted by atomic mass is 16.1. The standard InChI is InChI=1S/C30H36N4O/c1-5-21(3)29(34-26-8-6-23(7-9-26)24-11-14-31-15-12-24)28-25(13-17-33-30(28)35)19-22(4)27-18-20(2)10-16-32-27/h6-10,13,16-19,24,31,34H,5,11-12,14-15H2,1-4H3,(H,33,35)/b22-19+,29-21?. The minimum Gasteiger partial charge on any atom is -0.355 e. The van der Waals surface area contributed by atoms with Crippen molar-refractivity contribution in [2.45, 2.75) is 52.9 Å². The SMILES string of the molecule is CCC(C)=C(Nc1ccc(C2CCNCC2)cc1)c1c(/C=C(\C)c2cc(C)ccn2)cc[nH]c1=O. The Hall–Kier alpha value is -3.44. The Morgan fingerprint density at radius 3 is 2.54 bits per heavy atom. The summed E-state index contributed by atoms with van der Waals surface area (Å²) in [5.74, 6) is 0.615. The fourth-order valence-corrected chi connectivity index (χ4v) is 4.63. The van der Waals surface area contributed by atoms with Gasteiger partial charge in [-0.3, -0.25) is 9.78 Å². The van der Waals surface area contributed by atoms with Gasteiger partial charge < -0.3 is 15.6 Å². The van der Waals surface area contributed by atoms with Crippen molar-refractivity contribution >= 4 is 23.0 Å². The largest absolute Gasteiger partial charge is 0.355 e. The van der Waals surface area contributed by atoms with Gasteiger partial charge in [-0.25, -0.2) is 0 Å². The Kier molecular flexibility index (Phi) is 7.98. The van der Waals surface area contributed by atoms with Crippen LogP contribution in [0.15, 0.2) is 65.2 Å². The molecule has 0 saturated carbocycles. The molecular weight excluding hydrogens is 432 g/mol. The van der Waals surface area contributed by atoms with Crippen molar-refractivity contribution in [1.29, 1.82) is 0 Å². The van der Waals surface area contributed by atoms with Gasteiger partial charge in [0.2, 0.25) is 0 Å². The molecule has 0 unspecified atom stereocenters. The summed E-state index contributed by atoms with van der Waals surface area (Å²) in [7, 11) is 0. The first-order valence-corrected chi connectivity index (χ1v) is 12.6. The Balaban J connectivity index is 1.69. The Labute approximate surface area is 208 Å². The predicted octanol–water partition coefficient (Wildman–Crippen LogP) is 6.36. The molecule has 0 atom stereocenters. The number of nitrogens with one attached hydrogen (secondary N) is 3. The number of anilines is 1. The van der Waals surface area contributed by atoms with Crippen LogP contribution in [0.2, 0.25) is 0 Å². The molecule has 1 aliphatic rings.